The van der Waals surface area contributed by atoms with Gasteiger partial charge in [0.05, 0.1) is 18.7 Å². The van der Waals surface area contributed by atoms with E-state index < -0.39 is 29.8 Å². The number of anilines is 1. The van der Waals surface area contributed by atoms with Gasteiger partial charge < -0.3 is 14.6 Å². The standard InChI is InChI=1S/C27H22F3NO5/c1-15-4-5-18(14-16(15)2)24(32)22-23(17-6-10-20(35-3)11-7-17)31(26(34)25(22)33)19-8-12-21(13-9-19)36-27(28,29)30/h4-14,23,32H,1-3H3/b24-22-. The number of aryl methyl sites for hydroxylation is 2. The van der Waals surface area contributed by atoms with Gasteiger partial charge in [0.25, 0.3) is 11.7 Å². The number of halogens is 3. The second-order valence-electron chi connectivity index (χ2n) is 8.28. The largest absolute Gasteiger partial charge is 0.573 e. The van der Waals surface area contributed by atoms with Crippen molar-refractivity contribution in [2.24, 2.45) is 0 Å². The molecule has 1 heterocycles. The number of nitrogens with zero attached hydrogens (tertiary/aromatic N) is 1. The quantitative estimate of drug-likeness (QED) is 0.272. The summed E-state index contributed by atoms with van der Waals surface area (Å²) in [6.45, 7) is 3.76. The lowest BCUT2D eigenvalue weighted by atomic mass is 9.94. The Morgan fingerprint density at radius 2 is 1.50 bits per heavy atom. The van der Waals surface area contributed by atoms with E-state index in [0.717, 1.165) is 28.2 Å². The molecule has 1 N–H and O–H groups in total. The van der Waals surface area contributed by atoms with E-state index in [4.69, 9.17) is 4.74 Å². The van der Waals surface area contributed by atoms with Crippen LogP contribution in [0, 0.1) is 13.8 Å². The number of ketones is 1. The van der Waals surface area contributed by atoms with Gasteiger partial charge in [-0.25, -0.2) is 0 Å². The summed E-state index contributed by atoms with van der Waals surface area (Å²) in [5.74, 6) is -2.12. The van der Waals surface area contributed by atoms with Crippen LogP contribution in [0.3, 0.4) is 0 Å². The Morgan fingerprint density at radius 3 is 2.06 bits per heavy atom. The normalized spacial score (nSPS) is 17.4. The molecule has 6 nitrogen and oxygen atoms in total. The van der Waals surface area contributed by atoms with Crippen molar-refractivity contribution in [3.05, 3.63) is 94.6 Å². The number of carbonyl (C=O) groups excluding carboxylic acids is 2. The summed E-state index contributed by atoms with van der Waals surface area (Å²) in [5.41, 5.74) is 2.75. The molecule has 1 fully saturated rings. The Morgan fingerprint density at radius 1 is 0.889 bits per heavy atom. The first kappa shape index (κ1) is 24.8. The highest BCUT2D eigenvalue weighted by molar-refractivity contribution is 6.51. The lowest BCUT2D eigenvalue weighted by Crippen LogP contribution is -2.29. The van der Waals surface area contributed by atoms with Gasteiger partial charge in [-0.05, 0) is 73.0 Å². The molecule has 0 aromatic heterocycles. The Balaban J connectivity index is 1.86. The number of hydrogen-bond acceptors (Lipinski definition) is 5. The van der Waals surface area contributed by atoms with Crippen LogP contribution in [0.5, 0.6) is 11.5 Å². The zero-order chi connectivity index (χ0) is 26.2. The molecule has 0 bridgehead atoms. The number of carbonyl (C=O) groups is 2. The summed E-state index contributed by atoms with van der Waals surface area (Å²) in [4.78, 5) is 27.5. The lowest BCUT2D eigenvalue weighted by molar-refractivity contribution is -0.274. The summed E-state index contributed by atoms with van der Waals surface area (Å²) in [5, 5.41) is 11.2. The Labute approximate surface area is 205 Å². The summed E-state index contributed by atoms with van der Waals surface area (Å²) >= 11 is 0. The van der Waals surface area contributed by atoms with Crippen molar-refractivity contribution in [2.75, 3.05) is 12.0 Å². The maximum atomic E-state index is 13.2. The second kappa shape index (κ2) is 9.41. The Bertz CT molecular complexity index is 1350. The van der Waals surface area contributed by atoms with Crippen LogP contribution >= 0.6 is 0 Å². The molecule has 4 rings (SSSR count). The zero-order valence-corrected chi connectivity index (χ0v) is 19.6. The van der Waals surface area contributed by atoms with Crippen LogP contribution in [0.4, 0.5) is 18.9 Å². The van der Waals surface area contributed by atoms with E-state index in [0.29, 0.717) is 16.9 Å². The van der Waals surface area contributed by atoms with Crippen LogP contribution in [0.1, 0.15) is 28.3 Å². The molecule has 0 spiro atoms. The van der Waals surface area contributed by atoms with E-state index in [-0.39, 0.29) is 17.0 Å². The molecule has 1 amide bonds. The van der Waals surface area contributed by atoms with Gasteiger partial charge in [-0.2, -0.15) is 0 Å². The molecule has 3 aromatic rings. The van der Waals surface area contributed by atoms with Crippen LogP contribution in [0.15, 0.2) is 72.3 Å². The van der Waals surface area contributed by atoms with Crippen molar-refractivity contribution >= 4 is 23.1 Å². The van der Waals surface area contributed by atoms with Crippen molar-refractivity contribution in [1.29, 1.82) is 0 Å². The summed E-state index contributed by atoms with van der Waals surface area (Å²) in [6, 6.07) is 15.3. The van der Waals surface area contributed by atoms with E-state index in [2.05, 4.69) is 4.74 Å². The molecule has 3 aromatic carbocycles. The molecule has 1 unspecified atom stereocenters. The minimum Gasteiger partial charge on any atom is -0.507 e. The molecular formula is C27H22F3NO5. The maximum Gasteiger partial charge on any atom is 0.573 e. The number of aliphatic hydroxyl groups is 1. The minimum atomic E-state index is -4.87. The molecular weight excluding hydrogens is 475 g/mol. The van der Waals surface area contributed by atoms with Crippen LogP contribution in [-0.2, 0) is 9.59 Å². The van der Waals surface area contributed by atoms with Crippen molar-refractivity contribution in [3.63, 3.8) is 0 Å². The highest BCUT2D eigenvalue weighted by Gasteiger charge is 2.47. The molecule has 186 valence electrons. The van der Waals surface area contributed by atoms with Crippen LogP contribution in [-0.4, -0.2) is 30.3 Å². The third-order valence-corrected chi connectivity index (χ3v) is 6.00. The number of hydrogen-bond donors (Lipinski definition) is 1. The van der Waals surface area contributed by atoms with Crippen LogP contribution < -0.4 is 14.4 Å². The van der Waals surface area contributed by atoms with E-state index in [1.165, 1.54) is 19.2 Å². The van der Waals surface area contributed by atoms with Gasteiger partial charge in [0.1, 0.15) is 17.3 Å². The number of rotatable bonds is 5. The SMILES string of the molecule is COc1ccc(C2/C(=C(/O)c3ccc(C)c(C)c3)C(=O)C(=O)N2c2ccc(OC(F)(F)F)cc2)cc1. The smallest absolute Gasteiger partial charge is 0.507 e. The predicted molar refractivity (Wildman–Crippen MR) is 127 cm³/mol. The number of benzene rings is 3. The van der Waals surface area contributed by atoms with E-state index in [1.54, 1.807) is 42.5 Å². The fraction of sp³-hybridized carbons (Fsp3) is 0.185. The number of methoxy groups -OCH3 is 1. The molecule has 36 heavy (non-hydrogen) atoms. The lowest BCUT2D eigenvalue weighted by Gasteiger charge is -2.26. The van der Waals surface area contributed by atoms with E-state index in [9.17, 15) is 27.9 Å². The van der Waals surface area contributed by atoms with Gasteiger partial charge in [-0.3, -0.25) is 14.5 Å². The summed E-state index contributed by atoms with van der Waals surface area (Å²) in [6.07, 6.45) is -4.87. The first-order valence-electron chi connectivity index (χ1n) is 10.9. The maximum absolute atomic E-state index is 13.2. The number of alkyl halides is 3. The average Bonchev–Trinajstić information content (AvgIpc) is 3.10. The van der Waals surface area contributed by atoms with E-state index in [1.807, 2.05) is 13.8 Å². The predicted octanol–water partition coefficient (Wildman–Crippen LogP) is 5.84. The molecule has 1 saturated heterocycles. The third kappa shape index (κ3) is 4.77. The van der Waals surface area contributed by atoms with E-state index >= 15 is 0 Å². The fourth-order valence-corrected chi connectivity index (χ4v) is 4.05. The first-order valence-corrected chi connectivity index (χ1v) is 10.9. The molecule has 0 saturated carbocycles. The number of Topliss-reactive ketones (excluding diaryl/α,β-unsaturated/α-hetero) is 1. The van der Waals surface area contributed by atoms with Crippen molar-refractivity contribution in [2.45, 2.75) is 26.3 Å². The zero-order valence-electron chi connectivity index (χ0n) is 19.6. The minimum absolute atomic E-state index is 0.135. The van der Waals surface area contributed by atoms with Crippen LogP contribution in [0.2, 0.25) is 0 Å². The summed E-state index contributed by atoms with van der Waals surface area (Å²) in [7, 11) is 1.49. The van der Waals surface area contributed by atoms with Crippen LogP contribution in [0.25, 0.3) is 5.76 Å². The Kier molecular flexibility index (Phi) is 6.49. The van der Waals surface area contributed by atoms with Gasteiger partial charge in [-0.15, -0.1) is 13.2 Å². The van der Waals surface area contributed by atoms with Gasteiger partial charge in [0.15, 0.2) is 0 Å². The number of amides is 1. The van der Waals surface area contributed by atoms with Crippen molar-refractivity contribution in [3.8, 4) is 11.5 Å². The Hall–Kier alpha value is -4.27. The average molecular weight is 497 g/mol. The highest BCUT2D eigenvalue weighted by Crippen LogP contribution is 2.43. The van der Waals surface area contributed by atoms with Crippen molar-refractivity contribution < 1.29 is 37.3 Å². The first-order chi connectivity index (χ1) is 17.0. The number of ether oxygens (including phenoxy) is 2. The van der Waals surface area contributed by atoms with Gasteiger partial charge in [0, 0.05) is 11.3 Å². The molecule has 1 atom stereocenters. The third-order valence-electron chi connectivity index (χ3n) is 6.00. The van der Waals surface area contributed by atoms with Crippen molar-refractivity contribution in [1.82, 2.24) is 0 Å². The molecule has 9 heteroatoms. The second-order valence-corrected chi connectivity index (χ2v) is 8.28. The number of aliphatic hydroxyl groups excluding tert-OH is 1. The van der Waals surface area contributed by atoms with Gasteiger partial charge in [0.2, 0.25) is 0 Å². The fourth-order valence-electron chi connectivity index (χ4n) is 4.05. The monoisotopic (exact) mass is 497 g/mol. The van der Waals surface area contributed by atoms with Gasteiger partial charge in [-0.1, -0.05) is 24.3 Å². The molecule has 1 aliphatic heterocycles. The summed E-state index contributed by atoms with van der Waals surface area (Å²) < 4.78 is 46.8. The molecule has 1 aliphatic rings. The van der Waals surface area contributed by atoms with Gasteiger partial charge >= 0.3 is 6.36 Å². The molecule has 0 aliphatic carbocycles. The highest BCUT2D eigenvalue weighted by atomic mass is 19.4. The molecule has 0 radical (unpaired) electrons. The topological polar surface area (TPSA) is 76.1 Å².